The Labute approximate surface area is 149 Å². The number of rotatable bonds is 8. The second-order valence-corrected chi connectivity index (χ2v) is 7.61. The van der Waals surface area contributed by atoms with Crippen LogP contribution in [0.3, 0.4) is 0 Å². The molecule has 1 heterocycles. The fourth-order valence-electron chi connectivity index (χ4n) is 2.58. The van der Waals surface area contributed by atoms with Gasteiger partial charge in [0.1, 0.15) is 12.4 Å². The Kier molecular flexibility index (Phi) is 6.22. The molecule has 1 aromatic rings. The quantitative estimate of drug-likeness (QED) is 0.406. The van der Waals surface area contributed by atoms with Crippen LogP contribution in [0.4, 0.5) is 0 Å². The molecular weight excluding hydrogens is 320 g/mol. The predicted molar refractivity (Wildman–Crippen MR) is 94.3 cm³/mol. The van der Waals surface area contributed by atoms with Crippen LogP contribution in [0.5, 0.6) is 5.75 Å². The first kappa shape index (κ1) is 19.4. The Morgan fingerprint density at radius 2 is 1.72 bits per heavy atom. The van der Waals surface area contributed by atoms with Crippen LogP contribution < -0.4 is 4.74 Å². The Balaban J connectivity index is 2.12. The molecule has 0 spiro atoms. The van der Waals surface area contributed by atoms with Gasteiger partial charge in [-0.1, -0.05) is 39.8 Å². The largest absolute Gasteiger partial charge is 0.462 e. The summed E-state index contributed by atoms with van der Waals surface area (Å²) < 4.78 is 16.6. The number of esters is 2. The van der Waals surface area contributed by atoms with Crippen LogP contribution in [0.1, 0.15) is 51.7 Å². The van der Waals surface area contributed by atoms with E-state index in [1.54, 1.807) is 0 Å². The zero-order valence-corrected chi connectivity index (χ0v) is 15.8. The lowest BCUT2D eigenvalue weighted by molar-refractivity contribution is -0.146. The summed E-state index contributed by atoms with van der Waals surface area (Å²) in [4.78, 5) is 23.9. The second-order valence-electron chi connectivity index (χ2n) is 7.61. The van der Waals surface area contributed by atoms with Gasteiger partial charge in [0, 0.05) is 18.4 Å². The zero-order chi connectivity index (χ0) is 18.6. The van der Waals surface area contributed by atoms with E-state index >= 15 is 0 Å². The minimum absolute atomic E-state index is 0.135. The standard InChI is InChI=1S/C20H28O5/c1-13(2)8-18(21)23-11-20(12-24-20)16-7-6-15(5)10-17(16)25-19(22)9-14(3)4/h6-7,10,13-14H,8-9,11-12H2,1-5H3/t20-/m0/s1. The van der Waals surface area contributed by atoms with Gasteiger partial charge in [0.2, 0.25) is 0 Å². The van der Waals surface area contributed by atoms with Gasteiger partial charge in [0.25, 0.3) is 0 Å². The number of carbonyl (C=O) groups excluding carboxylic acids is 2. The van der Waals surface area contributed by atoms with E-state index in [1.807, 2.05) is 52.8 Å². The summed E-state index contributed by atoms with van der Waals surface area (Å²) in [5.41, 5.74) is 1.05. The molecule has 5 heteroatoms. The van der Waals surface area contributed by atoms with Crippen molar-refractivity contribution in [3.63, 3.8) is 0 Å². The summed E-state index contributed by atoms with van der Waals surface area (Å²) in [7, 11) is 0. The topological polar surface area (TPSA) is 65.1 Å². The third-order valence-electron chi connectivity index (χ3n) is 3.96. The summed E-state index contributed by atoms with van der Waals surface area (Å²) in [5, 5.41) is 0. The zero-order valence-electron chi connectivity index (χ0n) is 15.8. The third-order valence-corrected chi connectivity index (χ3v) is 3.96. The minimum atomic E-state index is -0.701. The van der Waals surface area contributed by atoms with Crippen LogP contribution in [0, 0.1) is 18.8 Å². The van der Waals surface area contributed by atoms with Gasteiger partial charge in [-0.3, -0.25) is 9.59 Å². The van der Waals surface area contributed by atoms with Gasteiger partial charge >= 0.3 is 11.9 Å². The Morgan fingerprint density at radius 1 is 1.12 bits per heavy atom. The molecule has 1 atom stereocenters. The maximum atomic E-state index is 12.1. The summed E-state index contributed by atoms with van der Waals surface area (Å²) in [5.74, 6) is 0.451. The first-order valence-corrected chi connectivity index (χ1v) is 8.83. The molecule has 0 N–H and O–H groups in total. The predicted octanol–water partition coefficient (Wildman–Crippen LogP) is 3.76. The fraction of sp³-hybridized carbons (Fsp3) is 0.600. The molecule has 2 rings (SSSR count). The van der Waals surface area contributed by atoms with Crippen LogP contribution in [0.15, 0.2) is 18.2 Å². The highest BCUT2D eigenvalue weighted by atomic mass is 16.6. The van der Waals surface area contributed by atoms with Gasteiger partial charge in [-0.2, -0.15) is 0 Å². The van der Waals surface area contributed by atoms with E-state index in [1.165, 1.54) is 0 Å². The molecule has 0 unspecified atom stereocenters. The molecule has 0 amide bonds. The van der Waals surface area contributed by atoms with Crippen molar-refractivity contribution < 1.29 is 23.8 Å². The summed E-state index contributed by atoms with van der Waals surface area (Å²) in [6.07, 6.45) is 0.727. The lowest BCUT2D eigenvalue weighted by Crippen LogP contribution is -2.23. The van der Waals surface area contributed by atoms with E-state index < -0.39 is 5.60 Å². The van der Waals surface area contributed by atoms with Gasteiger partial charge in [0.15, 0.2) is 5.60 Å². The summed E-state index contributed by atoms with van der Waals surface area (Å²) in [6, 6.07) is 5.65. The van der Waals surface area contributed by atoms with Gasteiger partial charge in [-0.25, -0.2) is 0 Å². The summed E-state index contributed by atoms with van der Waals surface area (Å²) in [6.45, 7) is 10.4. The first-order valence-electron chi connectivity index (χ1n) is 8.83. The van der Waals surface area contributed by atoms with Crippen LogP contribution in [-0.2, 0) is 24.7 Å². The van der Waals surface area contributed by atoms with E-state index in [4.69, 9.17) is 14.2 Å². The number of carbonyl (C=O) groups is 2. The normalized spacial score (nSPS) is 19.2. The fourth-order valence-corrected chi connectivity index (χ4v) is 2.58. The van der Waals surface area contributed by atoms with Crippen molar-refractivity contribution in [3.05, 3.63) is 29.3 Å². The van der Waals surface area contributed by atoms with Crippen molar-refractivity contribution in [2.45, 2.75) is 53.1 Å². The number of benzene rings is 1. The van der Waals surface area contributed by atoms with Crippen molar-refractivity contribution in [2.75, 3.05) is 13.2 Å². The molecule has 1 fully saturated rings. The van der Waals surface area contributed by atoms with Crippen LogP contribution in [-0.4, -0.2) is 25.2 Å². The minimum Gasteiger partial charge on any atom is -0.462 e. The number of hydrogen-bond donors (Lipinski definition) is 0. The Bertz CT molecular complexity index is 629. The smallest absolute Gasteiger partial charge is 0.311 e. The van der Waals surface area contributed by atoms with E-state index in [0.717, 1.165) is 11.1 Å². The molecule has 25 heavy (non-hydrogen) atoms. The van der Waals surface area contributed by atoms with Crippen molar-refractivity contribution in [2.24, 2.45) is 11.8 Å². The molecule has 1 aliphatic rings. The highest BCUT2D eigenvalue weighted by molar-refractivity contribution is 5.73. The van der Waals surface area contributed by atoms with Crippen molar-refractivity contribution in [1.29, 1.82) is 0 Å². The van der Waals surface area contributed by atoms with E-state index in [-0.39, 0.29) is 30.4 Å². The van der Waals surface area contributed by atoms with Gasteiger partial charge in [-0.15, -0.1) is 0 Å². The Morgan fingerprint density at radius 3 is 2.28 bits per heavy atom. The lowest BCUT2D eigenvalue weighted by Gasteiger charge is -2.18. The average Bonchev–Trinajstić information content (AvgIpc) is 3.24. The number of hydrogen-bond acceptors (Lipinski definition) is 5. The van der Waals surface area contributed by atoms with E-state index in [9.17, 15) is 9.59 Å². The van der Waals surface area contributed by atoms with Crippen molar-refractivity contribution >= 4 is 11.9 Å². The molecule has 0 aromatic heterocycles. The molecule has 138 valence electrons. The molecular formula is C20H28O5. The summed E-state index contributed by atoms with van der Waals surface area (Å²) >= 11 is 0. The maximum absolute atomic E-state index is 12.1. The van der Waals surface area contributed by atoms with E-state index in [2.05, 4.69) is 0 Å². The lowest BCUT2D eigenvalue weighted by atomic mass is 9.98. The van der Waals surface area contributed by atoms with Crippen LogP contribution in [0.2, 0.25) is 0 Å². The second kappa shape index (κ2) is 8.00. The number of aryl methyl sites for hydroxylation is 1. The monoisotopic (exact) mass is 348 g/mol. The molecule has 5 nitrogen and oxygen atoms in total. The average molecular weight is 348 g/mol. The molecule has 0 bridgehead atoms. The molecule has 1 aromatic carbocycles. The molecule has 0 saturated carbocycles. The molecule has 0 aliphatic carbocycles. The van der Waals surface area contributed by atoms with Crippen molar-refractivity contribution in [1.82, 2.24) is 0 Å². The number of epoxide rings is 1. The SMILES string of the molecule is Cc1ccc([C@]2(COC(=O)CC(C)C)CO2)c(OC(=O)CC(C)C)c1. The van der Waals surface area contributed by atoms with Gasteiger partial charge < -0.3 is 14.2 Å². The van der Waals surface area contributed by atoms with Gasteiger partial charge in [-0.05, 0) is 30.4 Å². The van der Waals surface area contributed by atoms with Crippen LogP contribution in [0.25, 0.3) is 0 Å². The number of ether oxygens (including phenoxy) is 3. The maximum Gasteiger partial charge on any atom is 0.311 e. The first-order chi connectivity index (χ1) is 11.7. The Hall–Kier alpha value is -1.88. The van der Waals surface area contributed by atoms with Crippen molar-refractivity contribution in [3.8, 4) is 5.75 Å². The van der Waals surface area contributed by atoms with E-state index in [0.29, 0.717) is 25.2 Å². The van der Waals surface area contributed by atoms with Gasteiger partial charge in [0.05, 0.1) is 6.61 Å². The molecule has 1 saturated heterocycles. The molecule has 0 radical (unpaired) electrons. The molecule has 1 aliphatic heterocycles. The highest BCUT2D eigenvalue weighted by Crippen LogP contribution is 2.44. The highest BCUT2D eigenvalue weighted by Gasteiger charge is 2.50. The van der Waals surface area contributed by atoms with Crippen LogP contribution >= 0.6 is 0 Å². The third kappa shape index (κ3) is 5.56.